The Bertz CT molecular complexity index is 343. The topological polar surface area (TPSA) is 43.4 Å². The number of carbonyl (C=O) groups excluding carboxylic acids is 2. The van der Waals surface area contributed by atoms with Crippen LogP contribution in [-0.2, 0) is 14.3 Å². The van der Waals surface area contributed by atoms with Gasteiger partial charge in [0.15, 0.2) is 5.78 Å². The van der Waals surface area contributed by atoms with E-state index in [4.69, 9.17) is 16.3 Å². The standard InChI is InChI=1S/C10H9ClO3/c11-5-8(12)6-1-2-7-4-10(13)14-9(7)3-6/h1-3,7,9H,4-5H2. The molecule has 1 aliphatic carbocycles. The Morgan fingerprint density at radius 1 is 1.64 bits per heavy atom. The molecule has 0 aromatic heterocycles. The van der Waals surface area contributed by atoms with Crippen LogP contribution in [0.3, 0.4) is 0 Å². The van der Waals surface area contributed by atoms with Crippen LogP contribution in [0.2, 0.25) is 0 Å². The molecular weight excluding hydrogens is 204 g/mol. The molecule has 0 saturated carbocycles. The van der Waals surface area contributed by atoms with E-state index >= 15 is 0 Å². The van der Waals surface area contributed by atoms with E-state index < -0.39 is 0 Å². The zero-order valence-electron chi connectivity index (χ0n) is 7.40. The van der Waals surface area contributed by atoms with Gasteiger partial charge in [-0.2, -0.15) is 0 Å². The number of Topliss-reactive ketones (excluding diaryl/α,β-unsaturated/α-hetero) is 1. The molecule has 1 heterocycles. The van der Waals surface area contributed by atoms with Gasteiger partial charge in [0.25, 0.3) is 0 Å². The van der Waals surface area contributed by atoms with E-state index in [0.29, 0.717) is 12.0 Å². The highest BCUT2D eigenvalue weighted by molar-refractivity contribution is 6.30. The highest BCUT2D eigenvalue weighted by Gasteiger charge is 2.34. The number of alkyl halides is 1. The van der Waals surface area contributed by atoms with Gasteiger partial charge < -0.3 is 4.74 Å². The Morgan fingerprint density at radius 3 is 3.14 bits per heavy atom. The van der Waals surface area contributed by atoms with E-state index in [2.05, 4.69) is 0 Å². The van der Waals surface area contributed by atoms with Gasteiger partial charge in [-0.1, -0.05) is 12.2 Å². The van der Waals surface area contributed by atoms with E-state index in [1.807, 2.05) is 6.08 Å². The van der Waals surface area contributed by atoms with Crippen molar-refractivity contribution < 1.29 is 14.3 Å². The normalized spacial score (nSPS) is 29.5. The minimum absolute atomic E-state index is 0.0402. The molecule has 14 heavy (non-hydrogen) atoms. The summed E-state index contributed by atoms with van der Waals surface area (Å²) in [5.74, 6) is -0.291. The van der Waals surface area contributed by atoms with E-state index in [1.54, 1.807) is 12.2 Å². The van der Waals surface area contributed by atoms with E-state index in [0.717, 1.165) is 0 Å². The number of ketones is 1. The predicted octanol–water partition coefficient (Wildman–Crippen LogP) is 1.22. The van der Waals surface area contributed by atoms with Crippen molar-refractivity contribution in [2.75, 3.05) is 5.88 Å². The first-order chi connectivity index (χ1) is 6.70. The van der Waals surface area contributed by atoms with Crippen LogP contribution in [0.4, 0.5) is 0 Å². The number of hydrogen-bond acceptors (Lipinski definition) is 3. The second-order valence-electron chi connectivity index (χ2n) is 3.36. The molecule has 2 unspecified atom stereocenters. The molecule has 2 aliphatic rings. The Balaban J connectivity index is 2.18. The smallest absolute Gasteiger partial charge is 0.307 e. The molecule has 0 radical (unpaired) electrons. The van der Waals surface area contributed by atoms with E-state index in [9.17, 15) is 9.59 Å². The molecule has 1 saturated heterocycles. The summed E-state index contributed by atoms with van der Waals surface area (Å²) in [4.78, 5) is 22.2. The summed E-state index contributed by atoms with van der Waals surface area (Å²) in [5.41, 5.74) is 0.538. The summed E-state index contributed by atoms with van der Waals surface area (Å²) >= 11 is 5.42. The lowest BCUT2D eigenvalue weighted by atomic mass is 9.92. The number of allylic oxidation sites excluding steroid dienone is 2. The van der Waals surface area contributed by atoms with Crippen molar-refractivity contribution in [2.24, 2.45) is 5.92 Å². The quantitative estimate of drug-likeness (QED) is 0.511. The molecule has 0 bridgehead atoms. The fourth-order valence-corrected chi connectivity index (χ4v) is 1.81. The average Bonchev–Trinajstić information content (AvgIpc) is 2.55. The van der Waals surface area contributed by atoms with Crippen molar-refractivity contribution in [3.63, 3.8) is 0 Å². The molecule has 0 aromatic rings. The van der Waals surface area contributed by atoms with Crippen molar-refractivity contribution in [3.05, 3.63) is 23.8 Å². The van der Waals surface area contributed by atoms with Crippen molar-refractivity contribution in [1.82, 2.24) is 0 Å². The van der Waals surface area contributed by atoms with Gasteiger partial charge in [-0.15, -0.1) is 11.6 Å². The Kier molecular flexibility index (Phi) is 2.42. The van der Waals surface area contributed by atoms with Crippen LogP contribution in [0.1, 0.15) is 6.42 Å². The molecule has 74 valence electrons. The molecule has 2 rings (SSSR count). The number of halogens is 1. The minimum atomic E-state index is -0.269. The summed E-state index contributed by atoms with van der Waals surface area (Å²) in [6, 6.07) is 0. The predicted molar refractivity (Wildman–Crippen MR) is 50.9 cm³/mol. The molecule has 0 spiro atoms. The second kappa shape index (κ2) is 3.58. The van der Waals surface area contributed by atoms with Gasteiger partial charge in [0.1, 0.15) is 6.10 Å². The largest absolute Gasteiger partial charge is 0.457 e. The van der Waals surface area contributed by atoms with Crippen LogP contribution in [0.5, 0.6) is 0 Å². The third-order valence-electron chi connectivity index (χ3n) is 2.40. The zero-order valence-corrected chi connectivity index (χ0v) is 8.16. The summed E-state index contributed by atoms with van der Waals surface area (Å²) < 4.78 is 5.03. The SMILES string of the molecule is O=C1CC2C=CC(C(=O)CCl)=CC2O1. The highest BCUT2D eigenvalue weighted by Crippen LogP contribution is 2.29. The lowest BCUT2D eigenvalue weighted by Crippen LogP contribution is -2.17. The van der Waals surface area contributed by atoms with Gasteiger partial charge in [0.05, 0.1) is 12.3 Å². The first-order valence-corrected chi connectivity index (χ1v) is 4.93. The average molecular weight is 213 g/mol. The first-order valence-electron chi connectivity index (χ1n) is 4.39. The number of esters is 1. The molecule has 0 N–H and O–H groups in total. The lowest BCUT2D eigenvalue weighted by molar-refractivity contribution is -0.140. The molecule has 0 amide bonds. The number of ether oxygens (including phenoxy) is 1. The van der Waals surface area contributed by atoms with Crippen LogP contribution in [0, 0.1) is 5.92 Å². The third-order valence-corrected chi connectivity index (χ3v) is 2.64. The monoisotopic (exact) mass is 212 g/mol. The highest BCUT2D eigenvalue weighted by atomic mass is 35.5. The van der Waals surface area contributed by atoms with Gasteiger partial charge in [0.2, 0.25) is 0 Å². The number of carbonyl (C=O) groups is 2. The Labute approximate surface area is 86.4 Å². The third kappa shape index (κ3) is 1.60. The maximum absolute atomic E-state index is 11.2. The fourth-order valence-electron chi connectivity index (χ4n) is 1.65. The number of hydrogen-bond donors (Lipinski definition) is 0. The van der Waals surface area contributed by atoms with Crippen molar-refractivity contribution in [2.45, 2.75) is 12.5 Å². The zero-order chi connectivity index (χ0) is 10.1. The van der Waals surface area contributed by atoms with Gasteiger partial charge in [-0.25, -0.2) is 0 Å². The second-order valence-corrected chi connectivity index (χ2v) is 3.63. The van der Waals surface area contributed by atoms with E-state index in [1.165, 1.54) is 0 Å². The number of fused-ring (bicyclic) bond motifs is 1. The van der Waals surface area contributed by atoms with Crippen molar-refractivity contribution in [1.29, 1.82) is 0 Å². The van der Waals surface area contributed by atoms with Crippen molar-refractivity contribution >= 4 is 23.4 Å². The van der Waals surface area contributed by atoms with Gasteiger partial charge in [-0.3, -0.25) is 9.59 Å². The molecule has 0 aromatic carbocycles. The summed E-state index contributed by atoms with van der Waals surface area (Å²) in [7, 11) is 0. The molecule has 1 aliphatic heterocycles. The Morgan fingerprint density at radius 2 is 2.43 bits per heavy atom. The van der Waals surface area contributed by atoms with Crippen LogP contribution in [0.15, 0.2) is 23.8 Å². The fraction of sp³-hybridized carbons (Fsp3) is 0.400. The summed E-state index contributed by atoms with van der Waals surface area (Å²) in [5, 5.41) is 0. The van der Waals surface area contributed by atoms with E-state index in [-0.39, 0.29) is 29.7 Å². The molecule has 4 heteroatoms. The van der Waals surface area contributed by atoms with Crippen LogP contribution >= 0.6 is 11.6 Å². The number of rotatable bonds is 2. The maximum Gasteiger partial charge on any atom is 0.307 e. The summed E-state index contributed by atoms with van der Waals surface area (Å²) in [6.45, 7) is 0. The first kappa shape index (κ1) is 9.46. The van der Waals surface area contributed by atoms with Gasteiger partial charge >= 0.3 is 5.97 Å². The minimum Gasteiger partial charge on any atom is -0.457 e. The Hall–Kier alpha value is -1.09. The van der Waals surface area contributed by atoms with Crippen molar-refractivity contribution in [3.8, 4) is 0 Å². The van der Waals surface area contributed by atoms with Crippen LogP contribution < -0.4 is 0 Å². The lowest BCUT2D eigenvalue weighted by Gasteiger charge is -2.15. The molecule has 2 atom stereocenters. The van der Waals surface area contributed by atoms with Gasteiger partial charge in [0, 0.05) is 11.5 Å². The molecule has 1 fully saturated rings. The summed E-state index contributed by atoms with van der Waals surface area (Å²) in [6.07, 6.45) is 5.37. The molecule has 3 nitrogen and oxygen atoms in total. The van der Waals surface area contributed by atoms with Crippen LogP contribution in [-0.4, -0.2) is 23.7 Å². The maximum atomic E-state index is 11.2. The van der Waals surface area contributed by atoms with Gasteiger partial charge in [-0.05, 0) is 6.08 Å². The molecular formula is C10H9ClO3. The van der Waals surface area contributed by atoms with Crippen LogP contribution in [0.25, 0.3) is 0 Å².